The molecule has 8 heteroatoms. The Hall–Kier alpha value is -1.28. The predicted octanol–water partition coefficient (Wildman–Crippen LogP) is 2.60. The van der Waals surface area contributed by atoms with E-state index >= 15 is 0 Å². The number of hydrogen-bond donors (Lipinski definition) is 1. The molecule has 1 aromatic carbocycles. The summed E-state index contributed by atoms with van der Waals surface area (Å²) >= 11 is 1.62. The molecule has 0 aliphatic carbocycles. The molecule has 20 heavy (non-hydrogen) atoms. The molecule has 1 unspecified atom stereocenters. The fourth-order valence-corrected chi connectivity index (χ4v) is 3.62. The number of halogens is 2. The molecular formula is C12H11F2NO3S2. The van der Waals surface area contributed by atoms with Crippen molar-refractivity contribution in [3.8, 4) is 0 Å². The number of thioether (sulfide) groups is 2. The number of carboxylic acids is 1. The van der Waals surface area contributed by atoms with Gasteiger partial charge in [0, 0.05) is 10.6 Å². The highest BCUT2D eigenvalue weighted by atomic mass is 32.2. The zero-order valence-corrected chi connectivity index (χ0v) is 11.8. The zero-order chi connectivity index (χ0) is 14.7. The number of aliphatic carboxylic acids is 1. The van der Waals surface area contributed by atoms with Gasteiger partial charge in [-0.15, -0.1) is 11.8 Å². The first-order chi connectivity index (χ1) is 9.50. The Morgan fingerprint density at radius 2 is 2.10 bits per heavy atom. The van der Waals surface area contributed by atoms with E-state index in [1.807, 2.05) is 0 Å². The van der Waals surface area contributed by atoms with Crippen molar-refractivity contribution in [2.45, 2.75) is 16.7 Å². The number of alkyl halides is 2. The summed E-state index contributed by atoms with van der Waals surface area (Å²) in [7, 11) is 0. The molecule has 0 radical (unpaired) electrons. The molecule has 108 valence electrons. The molecule has 0 bridgehead atoms. The van der Waals surface area contributed by atoms with Crippen molar-refractivity contribution in [2.24, 2.45) is 0 Å². The van der Waals surface area contributed by atoms with Gasteiger partial charge in [-0.2, -0.15) is 8.78 Å². The van der Waals surface area contributed by atoms with Gasteiger partial charge < -0.3 is 10.0 Å². The topological polar surface area (TPSA) is 57.6 Å². The van der Waals surface area contributed by atoms with E-state index in [1.165, 1.54) is 28.8 Å². The number of benzene rings is 1. The summed E-state index contributed by atoms with van der Waals surface area (Å²) in [5, 5.41) is 9.06. The van der Waals surface area contributed by atoms with Crippen LogP contribution in [0.5, 0.6) is 0 Å². The highest BCUT2D eigenvalue weighted by Crippen LogP contribution is 2.31. The molecule has 1 atom stereocenters. The summed E-state index contributed by atoms with van der Waals surface area (Å²) in [5.41, 5.74) is 0.117. The first kappa shape index (κ1) is 15.1. The van der Waals surface area contributed by atoms with Gasteiger partial charge in [0.05, 0.1) is 11.4 Å². The Labute approximate surface area is 122 Å². The van der Waals surface area contributed by atoms with Crippen LogP contribution in [0, 0.1) is 0 Å². The average Bonchev–Trinajstić information content (AvgIpc) is 2.87. The second kappa shape index (κ2) is 6.45. The fourth-order valence-electron chi connectivity index (χ4n) is 1.84. The van der Waals surface area contributed by atoms with E-state index in [9.17, 15) is 18.4 Å². The van der Waals surface area contributed by atoms with Gasteiger partial charge in [-0.25, -0.2) is 4.79 Å². The molecule has 4 nitrogen and oxygen atoms in total. The van der Waals surface area contributed by atoms with E-state index in [0.717, 1.165) is 0 Å². The molecule has 1 heterocycles. The molecule has 1 aliphatic heterocycles. The average molecular weight is 319 g/mol. The number of carbonyl (C=O) groups excluding carboxylic acids is 1. The van der Waals surface area contributed by atoms with Crippen LogP contribution < -0.4 is 0 Å². The molecule has 1 fully saturated rings. The van der Waals surface area contributed by atoms with Gasteiger partial charge in [-0.1, -0.05) is 23.9 Å². The lowest BCUT2D eigenvalue weighted by Crippen LogP contribution is -2.41. The Bertz CT molecular complexity index is 527. The van der Waals surface area contributed by atoms with E-state index in [4.69, 9.17) is 5.11 Å². The SMILES string of the molecule is O=C(O)C1CSCN1C(=O)c1ccccc1SC(F)F. The van der Waals surface area contributed by atoms with Gasteiger partial charge in [0.2, 0.25) is 0 Å². The number of rotatable bonds is 4. The highest BCUT2D eigenvalue weighted by Gasteiger charge is 2.35. The van der Waals surface area contributed by atoms with Crippen LogP contribution in [0.25, 0.3) is 0 Å². The summed E-state index contributed by atoms with van der Waals surface area (Å²) in [4.78, 5) is 24.8. The van der Waals surface area contributed by atoms with Crippen molar-refractivity contribution in [3.05, 3.63) is 29.8 Å². The number of amides is 1. The van der Waals surface area contributed by atoms with E-state index in [2.05, 4.69) is 0 Å². The molecular weight excluding hydrogens is 308 g/mol. The molecule has 0 spiro atoms. The summed E-state index contributed by atoms with van der Waals surface area (Å²) < 4.78 is 25.0. The summed E-state index contributed by atoms with van der Waals surface area (Å²) in [6.45, 7) is 0. The minimum Gasteiger partial charge on any atom is -0.480 e. The van der Waals surface area contributed by atoms with Crippen LogP contribution in [-0.2, 0) is 4.79 Å². The van der Waals surface area contributed by atoms with Crippen LogP contribution in [0.1, 0.15) is 10.4 Å². The number of carbonyl (C=O) groups is 2. The van der Waals surface area contributed by atoms with Crippen LogP contribution in [0.2, 0.25) is 0 Å². The van der Waals surface area contributed by atoms with Crippen molar-refractivity contribution in [3.63, 3.8) is 0 Å². The van der Waals surface area contributed by atoms with Crippen LogP contribution in [0.3, 0.4) is 0 Å². The van der Waals surface area contributed by atoms with Gasteiger partial charge in [-0.3, -0.25) is 4.79 Å². The largest absolute Gasteiger partial charge is 0.480 e. The van der Waals surface area contributed by atoms with Gasteiger partial charge in [-0.05, 0) is 12.1 Å². The van der Waals surface area contributed by atoms with E-state index in [1.54, 1.807) is 12.1 Å². The van der Waals surface area contributed by atoms with Crippen molar-refractivity contribution in [1.29, 1.82) is 0 Å². The van der Waals surface area contributed by atoms with Crippen LogP contribution in [-0.4, -0.2) is 45.3 Å². The Morgan fingerprint density at radius 1 is 1.40 bits per heavy atom. The molecule has 1 aromatic rings. The Balaban J connectivity index is 2.27. The maximum atomic E-state index is 12.5. The molecule has 1 aliphatic rings. The molecule has 0 saturated carbocycles. The maximum Gasteiger partial charge on any atom is 0.327 e. The standard InChI is InChI=1S/C12H11F2NO3S2/c13-12(14)20-9-4-2-1-3-7(9)10(16)15-6-19-5-8(15)11(17)18/h1-4,8,12H,5-6H2,(H,17,18). The molecule has 1 saturated heterocycles. The third-order valence-electron chi connectivity index (χ3n) is 2.76. The third kappa shape index (κ3) is 3.24. The second-order valence-corrected chi connectivity index (χ2v) is 6.04. The number of carboxylic acid groups (broad SMARTS) is 1. The Kier molecular flexibility index (Phi) is 4.87. The Morgan fingerprint density at radius 3 is 2.75 bits per heavy atom. The second-order valence-electron chi connectivity index (χ2n) is 4.00. The first-order valence-corrected chi connectivity index (χ1v) is 7.69. The molecule has 1 N–H and O–H groups in total. The lowest BCUT2D eigenvalue weighted by atomic mass is 10.2. The van der Waals surface area contributed by atoms with Crippen LogP contribution >= 0.6 is 23.5 Å². The maximum absolute atomic E-state index is 12.5. The van der Waals surface area contributed by atoms with Crippen molar-refractivity contribution in [1.82, 2.24) is 4.90 Å². The normalized spacial score (nSPS) is 18.6. The quantitative estimate of drug-likeness (QED) is 0.865. The molecule has 2 rings (SSSR count). The van der Waals surface area contributed by atoms with Gasteiger partial charge in [0.1, 0.15) is 6.04 Å². The number of nitrogens with zero attached hydrogens (tertiary/aromatic N) is 1. The third-order valence-corrected chi connectivity index (χ3v) is 4.56. The van der Waals surface area contributed by atoms with Crippen LogP contribution in [0.4, 0.5) is 8.78 Å². The van der Waals surface area contributed by atoms with E-state index in [0.29, 0.717) is 5.75 Å². The van der Waals surface area contributed by atoms with Crippen LogP contribution in [0.15, 0.2) is 29.2 Å². The van der Waals surface area contributed by atoms with Crippen molar-refractivity contribution >= 4 is 35.4 Å². The van der Waals surface area contributed by atoms with Gasteiger partial charge in [0.15, 0.2) is 0 Å². The van der Waals surface area contributed by atoms with E-state index in [-0.39, 0.29) is 28.1 Å². The monoisotopic (exact) mass is 319 g/mol. The van der Waals surface area contributed by atoms with Crippen molar-refractivity contribution in [2.75, 3.05) is 11.6 Å². The lowest BCUT2D eigenvalue weighted by Gasteiger charge is -2.21. The summed E-state index contributed by atoms with van der Waals surface area (Å²) in [6, 6.07) is 5.10. The first-order valence-electron chi connectivity index (χ1n) is 5.66. The summed E-state index contributed by atoms with van der Waals surface area (Å²) in [6.07, 6.45) is 0. The fraction of sp³-hybridized carbons (Fsp3) is 0.333. The van der Waals surface area contributed by atoms with Gasteiger partial charge in [0.25, 0.3) is 11.7 Å². The molecule has 1 amide bonds. The zero-order valence-electron chi connectivity index (χ0n) is 10.2. The minimum absolute atomic E-state index is 0.117. The highest BCUT2D eigenvalue weighted by molar-refractivity contribution is 7.99. The summed E-state index contributed by atoms with van der Waals surface area (Å²) in [5.74, 6) is -3.67. The molecule has 0 aromatic heterocycles. The van der Waals surface area contributed by atoms with Gasteiger partial charge >= 0.3 is 5.97 Å². The van der Waals surface area contributed by atoms with E-state index < -0.39 is 23.7 Å². The lowest BCUT2D eigenvalue weighted by molar-refractivity contribution is -0.140. The number of hydrogen-bond acceptors (Lipinski definition) is 4. The van der Waals surface area contributed by atoms with Crippen molar-refractivity contribution < 1.29 is 23.5 Å². The minimum atomic E-state index is -2.63. The smallest absolute Gasteiger partial charge is 0.327 e. The predicted molar refractivity (Wildman–Crippen MR) is 73.2 cm³/mol.